The van der Waals surface area contributed by atoms with Gasteiger partial charge >= 0.3 is 6.09 Å². The maximum absolute atomic E-state index is 11.7. The number of hydrogen-bond acceptors (Lipinski definition) is 4. The van der Waals surface area contributed by atoms with Gasteiger partial charge in [-0.1, -0.05) is 0 Å². The van der Waals surface area contributed by atoms with Crippen LogP contribution in [0.3, 0.4) is 0 Å². The summed E-state index contributed by atoms with van der Waals surface area (Å²) in [5, 5.41) is 2.98. The highest BCUT2D eigenvalue weighted by Gasteiger charge is 2.23. The fraction of sp³-hybridized carbons (Fsp3) is 0.929. The number of likely N-dealkylation sites (N-methyl/N-ethyl adjacent to an activating group) is 1. The molecule has 0 radical (unpaired) electrons. The van der Waals surface area contributed by atoms with E-state index in [1.165, 1.54) is 0 Å². The highest BCUT2D eigenvalue weighted by atomic mass is 16.6. The van der Waals surface area contributed by atoms with Crippen molar-refractivity contribution in [3.8, 4) is 0 Å². The van der Waals surface area contributed by atoms with E-state index in [9.17, 15) is 4.79 Å². The molecule has 1 rings (SSSR count). The molecule has 1 N–H and O–H groups in total. The lowest BCUT2D eigenvalue weighted by Crippen LogP contribution is -2.49. The van der Waals surface area contributed by atoms with Crippen molar-refractivity contribution in [2.24, 2.45) is 0 Å². The Hall–Kier alpha value is -0.810. The third kappa shape index (κ3) is 7.38. The summed E-state index contributed by atoms with van der Waals surface area (Å²) in [6.07, 6.45) is 1.87. The molecule has 1 heterocycles. The first-order valence-electron chi connectivity index (χ1n) is 7.13. The minimum absolute atomic E-state index is 0.214. The fourth-order valence-corrected chi connectivity index (χ4v) is 2.19. The van der Waals surface area contributed by atoms with Gasteiger partial charge in [-0.2, -0.15) is 0 Å². The SMILES string of the molecule is CN(C)CCN1CCCC(NC(=O)OC(C)(C)C)C1. The number of rotatable bonds is 4. The van der Waals surface area contributed by atoms with E-state index < -0.39 is 5.60 Å². The van der Waals surface area contributed by atoms with Gasteiger partial charge in [-0.15, -0.1) is 0 Å². The molecule has 5 nitrogen and oxygen atoms in total. The van der Waals surface area contributed by atoms with Crippen LogP contribution in [0.4, 0.5) is 4.79 Å². The van der Waals surface area contributed by atoms with Gasteiger partial charge in [0.25, 0.3) is 0 Å². The maximum atomic E-state index is 11.7. The molecule has 1 aliphatic heterocycles. The van der Waals surface area contributed by atoms with Crippen LogP contribution in [0.5, 0.6) is 0 Å². The third-order valence-corrected chi connectivity index (χ3v) is 3.09. The zero-order chi connectivity index (χ0) is 14.5. The minimum atomic E-state index is -0.427. The van der Waals surface area contributed by atoms with Gasteiger partial charge in [0.2, 0.25) is 0 Å². The van der Waals surface area contributed by atoms with Gasteiger partial charge in [0.05, 0.1) is 0 Å². The van der Waals surface area contributed by atoms with E-state index in [0.717, 1.165) is 39.0 Å². The zero-order valence-corrected chi connectivity index (χ0v) is 13.0. The minimum Gasteiger partial charge on any atom is -0.444 e. The van der Waals surface area contributed by atoms with E-state index in [4.69, 9.17) is 4.74 Å². The predicted octanol–water partition coefficient (Wildman–Crippen LogP) is 1.54. The quantitative estimate of drug-likeness (QED) is 0.842. The van der Waals surface area contributed by atoms with E-state index in [1.807, 2.05) is 20.8 Å². The van der Waals surface area contributed by atoms with Crippen LogP contribution in [0.1, 0.15) is 33.6 Å². The summed E-state index contributed by atoms with van der Waals surface area (Å²) in [5.74, 6) is 0. The zero-order valence-electron chi connectivity index (χ0n) is 13.0. The van der Waals surface area contributed by atoms with Gasteiger partial charge in [0.15, 0.2) is 0 Å². The molecular formula is C14H29N3O2. The molecule has 112 valence electrons. The van der Waals surface area contributed by atoms with Crippen molar-refractivity contribution in [3.63, 3.8) is 0 Å². The first kappa shape index (κ1) is 16.2. The molecule has 19 heavy (non-hydrogen) atoms. The van der Waals surface area contributed by atoms with Crippen LogP contribution in [0, 0.1) is 0 Å². The van der Waals surface area contributed by atoms with Gasteiger partial charge in [-0.05, 0) is 54.3 Å². The molecule has 0 saturated carbocycles. The Labute approximate surface area is 117 Å². The molecule has 0 aromatic rings. The smallest absolute Gasteiger partial charge is 0.407 e. The van der Waals surface area contributed by atoms with Crippen molar-refractivity contribution in [2.45, 2.75) is 45.3 Å². The van der Waals surface area contributed by atoms with Crippen LogP contribution in [-0.2, 0) is 4.74 Å². The lowest BCUT2D eigenvalue weighted by molar-refractivity contribution is 0.0470. The predicted molar refractivity (Wildman–Crippen MR) is 77.4 cm³/mol. The second-order valence-electron chi connectivity index (χ2n) is 6.59. The number of piperidine rings is 1. The fourth-order valence-electron chi connectivity index (χ4n) is 2.19. The van der Waals surface area contributed by atoms with Crippen molar-refractivity contribution in [1.29, 1.82) is 0 Å². The Balaban J connectivity index is 2.32. The molecule has 0 aromatic carbocycles. The van der Waals surface area contributed by atoms with E-state index in [2.05, 4.69) is 29.2 Å². The Morgan fingerprint density at radius 1 is 1.42 bits per heavy atom. The van der Waals surface area contributed by atoms with Crippen LogP contribution < -0.4 is 5.32 Å². The highest BCUT2D eigenvalue weighted by Crippen LogP contribution is 2.12. The van der Waals surface area contributed by atoms with E-state index >= 15 is 0 Å². The molecule has 5 heteroatoms. The first-order valence-corrected chi connectivity index (χ1v) is 7.13. The van der Waals surface area contributed by atoms with Crippen LogP contribution in [0.25, 0.3) is 0 Å². The topological polar surface area (TPSA) is 44.8 Å². The Morgan fingerprint density at radius 2 is 2.11 bits per heavy atom. The Kier molecular flexibility index (Phi) is 6.07. The van der Waals surface area contributed by atoms with Crippen LogP contribution in [-0.4, -0.2) is 67.8 Å². The summed E-state index contributed by atoms with van der Waals surface area (Å²) < 4.78 is 5.30. The second-order valence-corrected chi connectivity index (χ2v) is 6.59. The second kappa shape index (κ2) is 7.10. The average molecular weight is 271 g/mol. The van der Waals surface area contributed by atoms with E-state index in [0.29, 0.717) is 0 Å². The number of carbonyl (C=O) groups is 1. The molecule has 1 amide bonds. The molecule has 1 saturated heterocycles. The molecule has 1 aliphatic rings. The molecule has 0 bridgehead atoms. The van der Waals surface area contributed by atoms with Crippen LogP contribution in [0.15, 0.2) is 0 Å². The normalized spacial score (nSPS) is 21.5. The molecule has 0 aromatic heterocycles. The van der Waals surface area contributed by atoms with Gasteiger partial charge in [0, 0.05) is 25.7 Å². The number of alkyl carbamates (subject to hydrolysis) is 1. The number of nitrogens with zero attached hydrogens (tertiary/aromatic N) is 2. The average Bonchev–Trinajstić information content (AvgIpc) is 2.24. The summed E-state index contributed by atoms with van der Waals surface area (Å²) in [7, 11) is 4.17. The van der Waals surface area contributed by atoms with Gasteiger partial charge in [-0.25, -0.2) is 4.79 Å². The summed E-state index contributed by atoms with van der Waals surface area (Å²) in [6.45, 7) is 9.82. The lowest BCUT2D eigenvalue weighted by Gasteiger charge is -2.34. The van der Waals surface area contributed by atoms with Crippen molar-refractivity contribution >= 4 is 6.09 Å². The van der Waals surface area contributed by atoms with Crippen molar-refractivity contribution in [1.82, 2.24) is 15.1 Å². The van der Waals surface area contributed by atoms with Crippen molar-refractivity contribution in [3.05, 3.63) is 0 Å². The standard InChI is InChI=1S/C14H29N3O2/c1-14(2,3)19-13(18)15-12-7-6-8-17(11-12)10-9-16(4)5/h12H,6-11H2,1-5H3,(H,15,18). The number of amides is 1. The lowest BCUT2D eigenvalue weighted by atomic mass is 10.1. The monoisotopic (exact) mass is 271 g/mol. The number of likely N-dealkylation sites (tertiary alicyclic amines) is 1. The third-order valence-electron chi connectivity index (χ3n) is 3.09. The molecule has 0 spiro atoms. The number of hydrogen-bond donors (Lipinski definition) is 1. The molecule has 1 atom stereocenters. The van der Waals surface area contributed by atoms with E-state index in [-0.39, 0.29) is 12.1 Å². The molecule has 0 aliphatic carbocycles. The molecule has 1 unspecified atom stereocenters. The van der Waals surface area contributed by atoms with Crippen molar-refractivity contribution in [2.75, 3.05) is 40.3 Å². The maximum Gasteiger partial charge on any atom is 0.407 e. The van der Waals surface area contributed by atoms with Crippen LogP contribution >= 0.6 is 0 Å². The summed E-state index contributed by atoms with van der Waals surface area (Å²) >= 11 is 0. The molecular weight excluding hydrogens is 242 g/mol. The molecule has 1 fully saturated rings. The summed E-state index contributed by atoms with van der Waals surface area (Å²) in [4.78, 5) is 16.3. The van der Waals surface area contributed by atoms with Crippen molar-refractivity contribution < 1.29 is 9.53 Å². The highest BCUT2D eigenvalue weighted by molar-refractivity contribution is 5.68. The van der Waals surface area contributed by atoms with Gasteiger partial charge < -0.3 is 19.9 Å². The van der Waals surface area contributed by atoms with Crippen LogP contribution in [0.2, 0.25) is 0 Å². The Bertz CT molecular complexity index is 287. The van der Waals surface area contributed by atoms with Gasteiger partial charge in [0.1, 0.15) is 5.60 Å². The largest absolute Gasteiger partial charge is 0.444 e. The number of ether oxygens (including phenoxy) is 1. The number of carbonyl (C=O) groups excluding carboxylic acids is 1. The first-order chi connectivity index (χ1) is 8.76. The summed E-state index contributed by atoms with van der Waals surface area (Å²) in [6, 6.07) is 0.214. The van der Waals surface area contributed by atoms with Gasteiger partial charge in [-0.3, -0.25) is 0 Å². The van der Waals surface area contributed by atoms with E-state index in [1.54, 1.807) is 0 Å². The summed E-state index contributed by atoms with van der Waals surface area (Å²) in [5.41, 5.74) is -0.427. The Morgan fingerprint density at radius 3 is 2.68 bits per heavy atom. The number of nitrogens with one attached hydrogen (secondary N) is 1.